The Labute approximate surface area is 171 Å². The molecular formula is C27H24O2. The number of benzene rings is 4. The van der Waals surface area contributed by atoms with E-state index in [1.807, 2.05) is 6.07 Å². The van der Waals surface area contributed by atoms with Crippen molar-refractivity contribution in [3.05, 3.63) is 107 Å². The van der Waals surface area contributed by atoms with Gasteiger partial charge < -0.3 is 9.47 Å². The van der Waals surface area contributed by atoms with Crippen LogP contribution in [0.2, 0.25) is 0 Å². The Balaban J connectivity index is 1.17. The highest BCUT2D eigenvalue weighted by Crippen LogP contribution is 2.32. The fourth-order valence-electron chi connectivity index (χ4n) is 3.94. The van der Waals surface area contributed by atoms with Gasteiger partial charge in [-0.3, -0.25) is 0 Å². The minimum Gasteiger partial charge on any atom is -0.454 e. The van der Waals surface area contributed by atoms with Gasteiger partial charge in [0.2, 0.25) is 6.79 Å². The summed E-state index contributed by atoms with van der Waals surface area (Å²) < 4.78 is 10.9. The molecule has 144 valence electrons. The first-order valence-corrected chi connectivity index (χ1v) is 10.3. The van der Waals surface area contributed by atoms with Gasteiger partial charge in [-0.25, -0.2) is 0 Å². The smallest absolute Gasteiger partial charge is 0.231 e. The summed E-state index contributed by atoms with van der Waals surface area (Å²) in [6, 6.07) is 30.7. The number of hydrogen-bond donors (Lipinski definition) is 0. The number of hydrogen-bond acceptors (Lipinski definition) is 2. The first-order chi connectivity index (χ1) is 14.3. The number of fused-ring (bicyclic) bond motifs is 2. The lowest BCUT2D eigenvalue weighted by Gasteiger charge is -2.07. The Bertz CT molecular complexity index is 1130. The largest absolute Gasteiger partial charge is 0.454 e. The molecule has 29 heavy (non-hydrogen) atoms. The molecule has 2 heteroatoms. The SMILES string of the molecule is c1ccc2cc(CCc3ccc(CCc4ccc5c(c4)OCO5)cc3)ccc2c1. The lowest BCUT2D eigenvalue weighted by atomic mass is 9.99. The molecular weight excluding hydrogens is 356 g/mol. The van der Waals surface area contributed by atoms with Crippen molar-refractivity contribution in [3.8, 4) is 11.5 Å². The van der Waals surface area contributed by atoms with Crippen LogP contribution in [0.1, 0.15) is 22.3 Å². The Morgan fingerprint density at radius 2 is 1.03 bits per heavy atom. The predicted molar refractivity (Wildman–Crippen MR) is 118 cm³/mol. The van der Waals surface area contributed by atoms with E-state index in [4.69, 9.17) is 9.47 Å². The molecule has 0 saturated heterocycles. The van der Waals surface area contributed by atoms with E-state index in [9.17, 15) is 0 Å². The van der Waals surface area contributed by atoms with E-state index in [2.05, 4.69) is 78.9 Å². The quantitative estimate of drug-likeness (QED) is 0.400. The van der Waals surface area contributed by atoms with E-state index in [1.54, 1.807) is 0 Å². The van der Waals surface area contributed by atoms with Crippen LogP contribution in [-0.2, 0) is 25.7 Å². The van der Waals surface area contributed by atoms with E-state index >= 15 is 0 Å². The lowest BCUT2D eigenvalue weighted by molar-refractivity contribution is 0.174. The molecule has 1 heterocycles. The second-order valence-electron chi connectivity index (χ2n) is 7.69. The maximum absolute atomic E-state index is 5.47. The van der Waals surface area contributed by atoms with Crippen LogP contribution in [0.3, 0.4) is 0 Å². The van der Waals surface area contributed by atoms with E-state index in [0.717, 1.165) is 37.2 Å². The molecule has 1 aliphatic rings. The van der Waals surface area contributed by atoms with Crippen LogP contribution in [0.4, 0.5) is 0 Å². The number of rotatable bonds is 6. The molecule has 5 rings (SSSR count). The summed E-state index contributed by atoms with van der Waals surface area (Å²) in [4.78, 5) is 0. The molecule has 0 saturated carbocycles. The van der Waals surface area contributed by atoms with Crippen molar-refractivity contribution < 1.29 is 9.47 Å². The van der Waals surface area contributed by atoms with Crippen molar-refractivity contribution in [1.82, 2.24) is 0 Å². The van der Waals surface area contributed by atoms with Crippen LogP contribution in [0.25, 0.3) is 10.8 Å². The minimum absolute atomic E-state index is 0.333. The fraction of sp³-hybridized carbons (Fsp3) is 0.185. The zero-order valence-corrected chi connectivity index (χ0v) is 16.4. The van der Waals surface area contributed by atoms with Gasteiger partial charge in [0.15, 0.2) is 11.5 Å². The average molecular weight is 380 g/mol. The molecule has 0 aliphatic carbocycles. The molecule has 4 aromatic carbocycles. The van der Waals surface area contributed by atoms with Crippen LogP contribution in [0, 0.1) is 0 Å². The molecule has 0 amide bonds. The van der Waals surface area contributed by atoms with Gasteiger partial charge in [0.05, 0.1) is 0 Å². The van der Waals surface area contributed by atoms with E-state index in [0.29, 0.717) is 6.79 Å². The van der Waals surface area contributed by atoms with Crippen LogP contribution in [0.15, 0.2) is 84.9 Å². The third kappa shape index (κ3) is 4.12. The van der Waals surface area contributed by atoms with Crippen LogP contribution in [-0.4, -0.2) is 6.79 Å². The first-order valence-electron chi connectivity index (χ1n) is 10.3. The Hall–Kier alpha value is -3.26. The molecule has 0 atom stereocenters. The summed E-state index contributed by atoms with van der Waals surface area (Å²) in [6.45, 7) is 0.333. The highest BCUT2D eigenvalue weighted by molar-refractivity contribution is 5.83. The number of aryl methyl sites for hydroxylation is 4. The summed E-state index contributed by atoms with van der Waals surface area (Å²) in [6.07, 6.45) is 4.18. The second-order valence-corrected chi connectivity index (χ2v) is 7.69. The zero-order chi connectivity index (χ0) is 19.5. The normalized spacial score (nSPS) is 12.4. The van der Waals surface area contributed by atoms with Gasteiger partial charge in [-0.15, -0.1) is 0 Å². The molecule has 0 radical (unpaired) electrons. The molecule has 4 aromatic rings. The van der Waals surface area contributed by atoms with Crippen molar-refractivity contribution in [2.24, 2.45) is 0 Å². The van der Waals surface area contributed by atoms with Gasteiger partial charge in [0.1, 0.15) is 0 Å². The van der Waals surface area contributed by atoms with Crippen LogP contribution >= 0.6 is 0 Å². The molecule has 0 aromatic heterocycles. The standard InChI is InChI=1S/C27H24O2/c1-2-4-25-17-22(13-15-24(25)3-1)11-9-20-5-7-21(8-6-20)10-12-23-14-16-26-27(18-23)29-19-28-26/h1-8,13-18H,9-12,19H2. The molecule has 0 N–H and O–H groups in total. The van der Waals surface area contributed by atoms with Crippen molar-refractivity contribution >= 4 is 10.8 Å². The molecule has 0 spiro atoms. The van der Waals surface area contributed by atoms with Gasteiger partial charge in [0, 0.05) is 0 Å². The summed E-state index contributed by atoms with van der Waals surface area (Å²) in [5, 5.41) is 2.63. The monoisotopic (exact) mass is 380 g/mol. The third-order valence-corrected chi connectivity index (χ3v) is 5.68. The Kier molecular flexibility index (Phi) is 4.92. The molecule has 0 unspecified atom stereocenters. The molecule has 2 nitrogen and oxygen atoms in total. The highest BCUT2D eigenvalue weighted by atomic mass is 16.7. The van der Waals surface area contributed by atoms with Crippen LogP contribution < -0.4 is 9.47 Å². The molecule has 0 fully saturated rings. The predicted octanol–water partition coefficient (Wildman–Crippen LogP) is 6.14. The molecule has 1 aliphatic heterocycles. The van der Waals surface area contributed by atoms with Crippen molar-refractivity contribution in [2.75, 3.05) is 6.79 Å². The van der Waals surface area contributed by atoms with Gasteiger partial charge in [-0.1, -0.05) is 72.8 Å². The van der Waals surface area contributed by atoms with Gasteiger partial charge in [0.25, 0.3) is 0 Å². The Morgan fingerprint density at radius 3 is 1.79 bits per heavy atom. The maximum Gasteiger partial charge on any atom is 0.231 e. The van der Waals surface area contributed by atoms with Gasteiger partial charge in [-0.05, 0) is 70.8 Å². The van der Waals surface area contributed by atoms with Gasteiger partial charge >= 0.3 is 0 Å². The summed E-state index contributed by atoms with van der Waals surface area (Å²) in [7, 11) is 0. The van der Waals surface area contributed by atoms with Gasteiger partial charge in [-0.2, -0.15) is 0 Å². The fourth-order valence-corrected chi connectivity index (χ4v) is 3.94. The van der Waals surface area contributed by atoms with Crippen molar-refractivity contribution in [2.45, 2.75) is 25.7 Å². The topological polar surface area (TPSA) is 18.5 Å². The second kappa shape index (κ2) is 8.00. The van der Waals surface area contributed by atoms with E-state index < -0.39 is 0 Å². The average Bonchev–Trinajstić information content (AvgIpc) is 3.25. The summed E-state index contributed by atoms with van der Waals surface area (Å²) >= 11 is 0. The van der Waals surface area contributed by atoms with Crippen LogP contribution in [0.5, 0.6) is 11.5 Å². The summed E-state index contributed by atoms with van der Waals surface area (Å²) in [5.41, 5.74) is 5.45. The van der Waals surface area contributed by atoms with E-state index in [-0.39, 0.29) is 0 Å². The summed E-state index contributed by atoms with van der Waals surface area (Å²) in [5.74, 6) is 1.72. The van der Waals surface area contributed by atoms with Crippen molar-refractivity contribution in [3.63, 3.8) is 0 Å². The first kappa shape index (κ1) is 17.8. The zero-order valence-electron chi connectivity index (χ0n) is 16.4. The highest BCUT2D eigenvalue weighted by Gasteiger charge is 2.13. The van der Waals surface area contributed by atoms with Crippen molar-refractivity contribution in [1.29, 1.82) is 0 Å². The minimum atomic E-state index is 0.333. The number of ether oxygens (including phenoxy) is 2. The van der Waals surface area contributed by atoms with E-state index in [1.165, 1.54) is 33.0 Å². The maximum atomic E-state index is 5.47. The third-order valence-electron chi connectivity index (χ3n) is 5.68. The lowest BCUT2D eigenvalue weighted by Crippen LogP contribution is -1.94. The Morgan fingerprint density at radius 1 is 0.483 bits per heavy atom. The molecule has 0 bridgehead atoms.